The van der Waals surface area contributed by atoms with Crippen LogP contribution in [0.4, 0.5) is 0 Å². The molecule has 0 atom stereocenters. The minimum Gasteiger partial charge on any atom is -0.0845 e. The van der Waals surface area contributed by atoms with Gasteiger partial charge in [-0.15, -0.1) is 0 Å². The van der Waals surface area contributed by atoms with Gasteiger partial charge in [-0.25, -0.2) is 0 Å². The van der Waals surface area contributed by atoms with Crippen LogP contribution in [0.25, 0.3) is 0 Å². The SMILES string of the molecule is [CH]1/C=C/C=C\C=C\CCC/C=C\C=C\1. The van der Waals surface area contributed by atoms with Crippen molar-refractivity contribution in [2.24, 2.45) is 0 Å². The Balaban J connectivity index is 2.45. The minimum absolute atomic E-state index is 1.16. The molecule has 0 nitrogen and oxygen atoms in total. The molecule has 0 saturated carbocycles. The summed E-state index contributed by atoms with van der Waals surface area (Å²) in [5, 5.41) is 0. The van der Waals surface area contributed by atoms with E-state index in [1.165, 1.54) is 6.42 Å². The molecule has 0 heteroatoms. The zero-order valence-corrected chi connectivity index (χ0v) is 8.47. The molecule has 1 rings (SSSR count). The number of hydrogen-bond acceptors (Lipinski definition) is 0. The van der Waals surface area contributed by atoms with Crippen molar-refractivity contribution in [1.29, 1.82) is 0 Å². The first kappa shape index (κ1) is 10.8. The molecule has 0 saturated heterocycles. The summed E-state index contributed by atoms with van der Waals surface area (Å²) in [6, 6.07) is 0. The van der Waals surface area contributed by atoms with Crippen LogP contribution in [0, 0.1) is 6.42 Å². The van der Waals surface area contributed by atoms with Gasteiger partial charge in [0, 0.05) is 6.42 Å². The summed E-state index contributed by atoms with van der Waals surface area (Å²) in [5.41, 5.74) is 0. The van der Waals surface area contributed by atoms with E-state index < -0.39 is 0 Å². The third-order valence-corrected chi connectivity index (χ3v) is 1.90. The fourth-order valence-corrected chi connectivity index (χ4v) is 1.15. The van der Waals surface area contributed by atoms with Gasteiger partial charge in [0.25, 0.3) is 0 Å². The zero-order chi connectivity index (χ0) is 9.90. The van der Waals surface area contributed by atoms with E-state index in [0.717, 1.165) is 12.8 Å². The van der Waals surface area contributed by atoms with Crippen molar-refractivity contribution in [3.05, 3.63) is 67.2 Å². The third-order valence-electron chi connectivity index (χ3n) is 1.90. The Kier molecular flexibility index (Phi) is 6.39. The summed E-state index contributed by atoms with van der Waals surface area (Å²) < 4.78 is 0. The lowest BCUT2D eigenvalue weighted by Gasteiger charge is -1.89. The van der Waals surface area contributed by atoms with Gasteiger partial charge in [-0.05, 0) is 19.3 Å². The summed E-state index contributed by atoms with van der Waals surface area (Å²) >= 11 is 0. The van der Waals surface area contributed by atoms with Crippen LogP contribution in [0.2, 0.25) is 0 Å². The molecule has 0 N–H and O–H groups in total. The Morgan fingerprint density at radius 3 is 1.71 bits per heavy atom. The first-order valence-corrected chi connectivity index (χ1v) is 5.15. The van der Waals surface area contributed by atoms with Crippen LogP contribution in [-0.4, -0.2) is 0 Å². The van der Waals surface area contributed by atoms with Gasteiger partial charge in [0.05, 0.1) is 0 Å². The molecule has 0 fully saturated rings. The zero-order valence-electron chi connectivity index (χ0n) is 8.47. The Morgan fingerprint density at radius 1 is 0.500 bits per heavy atom. The number of rotatable bonds is 0. The molecule has 0 aliphatic heterocycles. The van der Waals surface area contributed by atoms with Crippen molar-refractivity contribution in [2.45, 2.75) is 19.3 Å². The molecule has 0 spiro atoms. The molecule has 0 aromatic heterocycles. The van der Waals surface area contributed by atoms with Gasteiger partial charge < -0.3 is 0 Å². The van der Waals surface area contributed by atoms with Crippen LogP contribution < -0.4 is 0 Å². The van der Waals surface area contributed by atoms with Gasteiger partial charge in [0.15, 0.2) is 0 Å². The Bertz CT molecular complexity index is 262. The fraction of sp³-hybridized carbons (Fsp3) is 0.214. The predicted octanol–water partition coefficient (Wildman–Crippen LogP) is 4.16. The van der Waals surface area contributed by atoms with Gasteiger partial charge in [-0.3, -0.25) is 0 Å². The second-order valence-corrected chi connectivity index (χ2v) is 3.13. The maximum absolute atomic E-state index is 2.21. The van der Waals surface area contributed by atoms with Crippen molar-refractivity contribution in [1.82, 2.24) is 0 Å². The summed E-state index contributed by atoms with van der Waals surface area (Å²) in [6.45, 7) is 0. The van der Waals surface area contributed by atoms with Crippen LogP contribution in [-0.2, 0) is 0 Å². The van der Waals surface area contributed by atoms with Gasteiger partial charge in [-0.1, -0.05) is 60.8 Å². The molecule has 1 aliphatic rings. The maximum atomic E-state index is 2.21. The summed E-state index contributed by atoms with van der Waals surface area (Å²) in [4.78, 5) is 0. The van der Waals surface area contributed by atoms with Crippen molar-refractivity contribution >= 4 is 0 Å². The quantitative estimate of drug-likeness (QED) is 0.531. The average Bonchev–Trinajstić information content (AvgIpc) is 2.22. The summed E-state index contributed by atoms with van der Waals surface area (Å²) in [7, 11) is 0. The molecule has 1 radical (unpaired) electrons. The molecular formula is C14H17. The van der Waals surface area contributed by atoms with Crippen molar-refractivity contribution in [3.63, 3.8) is 0 Å². The summed E-state index contributed by atoms with van der Waals surface area (Å²) in [6.07, 6.45) is 26.5. The van der Waals surface area contributed by atoms with E-state index in [9.17, 15) is 0 Å². The van der Waals surface area contributed by atoms with Crippen LogP contribution in [0.15, 0.2) is 60.8 Å². The van der Waals surface area contributed by atoms with Crippen LogP contribution >= 0.6 is 0 Å². The van der Waals surface area contributed by atoms with Crippen molar-refractivity contribution < 1.29 is 0 Å². The van der Waals surface area contributed by atoms with E-state index in [2.05, 4.69) is 36.5 Å². The smallest absolute Gasteiger partial charge is 0.00506 e. The van der Waals surface area contributed by atoms with Gasteiger partial charge in [-0.2, -0.15) is 0 Å². The molecule has 0 bridgehead atoms. The number of allylic oxidation sites excluding steroid dienone is 10. The molecule has 73 valence electrons. The van der Waals surface area contributed by atoms with Crippen molar-refractivity contribution in [2.75, 3.05) is 0 Å². The standard InChI is InChI=1S/C14H17/c1-2-4-6-8-10-12-14-13-11-9-7-5-3-1/h1-11H,12-14H2/b2-1+,6-4-,7-5+,10-8+,11-9-. The molecule has 1 aliphatic carbocycles. The first-order chi connectivity index (χ1) is 7.00. The molecule has 0 heterocycles. The largest absolute Gasteiger partial charge is 0.0845 e. The predicted molar refractivity (Wildman–Crippen MR) is 63.9 cm³/mol. The fourth-order valence-electron chi connectivity index (χ4n) is 1.15. The normalized spacial score (nSPS) is 29.7. The number of hydrogen-bond donors (Lipinski definition) is 0. The molecule has 0 unspecified atom stereocenters. The van der Waals surface area contributed by atoms with E-state index in [4.69, 9.17) is 0 Å². The highest BCUT2D eigenvalue weighted by Gasteiger charge is 1.79. The molecule has 14 heavy (non-hydrogen) atoms. The van der Waals surface area contributed by atoms with E-state index in [-0.39, 0.29) is 0 Å². The van der Waals surface area contributed by atoms with Gasteiger partial charge in [0.2, 0.25) is 0 Å². The monoisotopic (exact) mass is 185 g/mol. The highest BCUT2D eigenvalue weighted by molar-refractivity contribution is 5.19. The lowest BCUT2D eigenvalue weighted by Crippen LogP contribution is -1.69. The molecule has 0 aromatic carbocycles. The van der Waals surface area contributed by atoms with E-state index in [1.807, 2.05) is 30.7 Å². The van der Waals surface area contributed by atoms with E-state index in [0.29, 0.717) is 0 Å². The van der Waals surface area contributed by atoms with E-state index >= 15 is 0 Å². The minimum atomic E-state index is 1.16. The van der Waals surface area contributed by atoms with Crippen LogP contribution in [0.5, 0.6) is 0 Å². The van der Waals surface area contributed by atoms with Gasteiger partial charge >= 0.3 is 0 Å². The van der Waals surface area contributed by atoms with E-state index in [1.54, 1.807) is 0 Å². The molecular weight excluding hydrogens is 168 g/mol. The lowest BCUT2D eigenvalue weighted by atomic mass is 10.2. The second-order valence-electron chi connectivity index (χ2n) is 3.13. The maximum Gasteiger partial charge on any atom is 0.00506 e. The Labute approximate surface area is 87.0 Å². The molecule has 0 amide bonds. The lowest BCUT2D eigenvalue weighted by molar-refractivity contribution is 0.868. The molecule has 0 aromatic rings. The highest BCUT2D eigenvalue weighted by atomic mass is 13.9. The summed E-state index contributed by atoms with van der Waals surface area (Å²) in [5.74, 6) is 0. The van der Waals surface area contributed by atoms with Crippen LogP contribution in [0.3, 0.4) is 0 Å². The van der Waals surface area contributed by atoms with Gasteiger partial charge in [0.1, 0.15) is 0 Å². The topological polar surface area (TPSA) is 0 Å². The first-order valence-electron chi connectivity index (χ1n) is 5.15. The van der Waals surface area contributed by atoms with Crippen molar-refractivity contribution in [3.8, 4) is 0 Å². The average molecular weight is 185 g/mol. The second kappa shape index (κ2) is 8.31. The van der Waals surface area contributed by atoms with Crippen LogP contribution in [0.1, 0.15) is 19.3 Å². The highest BCUT2D eigenvalue weighted by Crippen LogP contribution is 1.99. The Hall–Kier alpha value is -1.30. The Morgan fingerprint density at radius 2 is 1.00 bits per heavy atom. The third kappa shape index (κ3) is 6.24.